The molecule has 0 saturated heterocycles. The van der Waals surface area contributed by atoms with E-state index in [4.69, 9.17) is 14.3 Å². The first-order valence-corrected chi connectivity index (χ1v) is 23.6. The molecule has 51 heavy (non-hydrogen) atoms. The van der Waals surface area contributed by atoms with Gasteiger partial charge in [-0.2, -0.15) is 0 Å². The van der Waals surface area contributed by atoms with Crippen molar-refractivity contribution in [2.45, 2.75) is 270 Å². The summed E-state index contributed by atoms with van der Waals surface area (Å²) >= 11 is 0. The molecule has 0 spiro atoms. The Morgan fingerprint density at radius 3 is 0.961 bits per heavy atom. The average Bonchev–Trinajstić information content (AvgIpc) is 3.14. The molecule has 0 radical (unpaired) electrons. The second-order valence-electron chi connectivity index (χ2n) is 16.0. The van der Waals surface area contributed by atoms with E-state index in [1.54, 1.807) is 7.11 Å². The van der Waals surface area contributed by atoms with E-state index in [0.717, 1.165) is 19.3 Å². The summed E-state index contributed by atoms with van der Waals surface area (Å²) in [7, 11) is 1.71. The van der Waals surface area contributed by atoms with Gasteiger partial charge in [0.2, 0.25) is 0 Å². The molecule has 4 nitrogen and oxygen atoms in total. The van der Waals surface area contributed by atoms with Crippen LogP contribution in [0.15, 0.2) is 5.16 Å². The van der Waals surface area contributed by atoms with Gasteiger partial charge in [-0.25, -0.2) is 0 Å². The van der Waals surface area contributed by atoms with Crippen LogP contribution in [0.5, 0.6) is 0 Å². The minimum Gasteiger partial charge on any atom is -0.393 e. The highest BCUT2D eigenvalue weighted by Gasteiger charge is 2.09. The predicted octanol–water partition coefficient (Wildman–Crippen LogP) is 16.3. The van der Waals surface area contributed by atoms with Gasteiger partial charge in [-0.05, 0) is 25.7 Å². The molecule has 0 bridgehead atoms. The molecule has 0 atom stereocenters. The third-order valence-corrected chi connectivity index (χ3v) is 10.9. The molecule has 0 saturated carbocycles. The lowest BCUT2D eigenvalue weighted by Gasteiger charge is -2.15. The number of rotatable bonds is 46. The fraction of sp³-hybridized carbons (Fsp3) is 0.979. The van der Waals surface area contributed by atoms with Crippen LogP contribution in [0.1, 0.15) is 264 Å². The number of ether oxygens (including phenoxy) is 2. The molecule has 0 amide bonds. The van der Waals surface area contributed by atoms with E-state index >= 15 is 0 Å². The molecule has 0 N–H and O–H groups in total. The topological polar surface area (TPSA) is 40.0 Å². The normalized spacial score (nSPS) is 11.8. The Hall–Kier alpha value is -0.610. The van der Waals surface area contributed by atoms with E-state index in [2.05, 4.69) is 19.0 Å². The van der Waals surface area contributed by atoms with Gasteiger partial charge >= 0.3 is 0 Å². The predicted molar refractivity (Wildman–Crippen MR) is 227 cm³/mol. The zero-order valence-electron chi connectivity index (χ0n) is 35.5. The van der Waals surface area contributed by atoms with Crippen molar-refractivity contribution < 1.29 is 14.3 Å². The number of nitrogens with zero attached hydrogens (tertiary/aromatic N) is 1. The van der Waals surface area contributed by atoms with E-state index in [9.17, 15) is 0 Å². The van der Waals surface area contributed by atoms with E-state index in [1.807, 2.05) is 6.21 Å². The first kappa shape index (κ1) is 50.4. The molecule has 0 unspecified atom stereocenters. The molecular weight excluding hydrogens is 627 g/mol. The standard InChI is InChI=1S/C47H95NO3/c1-4-6-8-10-12-14-16-18-20-22-24-26-28-30-32-34-36-38-41-47(51-48-43-40-44-50-46-45-49-3)42-39-37-35-33-31-29-27-25-23-21-19-17-15-13-11-9-7-5-2/h43,47H,4-42,44-46H2,1-3H3/b48-43+. The minimum absolute atomic E-state index is 0.276. The van der Waals surface area contributed by atoms with Gasteiger partial charge in [-0.3, -0.25) is 0 Å². The Kier molecular flexibility index (Phi) is 46.8. The summed E-state index contributed by atoms with van der Waals surface area (Å²) in [5.74, 6) is 0. The smallest absolute Gasteiger partial charge is 0.127 e. The summed E-state index contributed by atoms with van der Waals surface area (Å²) in [6.07, 6.45) is 56.6. The van der Waals surface area contributed by atoms with Crippen molar-refractivity contribution in [2.75, 3.05) is 26.9 Å². The zero-order chi connectivity index (χ0) is 36.8. The SMILES string of the molecule is CCCCCCCCCCCCCCCCCCCCC(CCCCCCCCCCCCCCCCCCCC)O/N=C/CCOCCOC. The van der Waals surface area contributed by atoms with Gasteiger partial charge in [0.15, 0.2) is 0 Å². The van der Waals surface area contributed by atoms with E-state index in [-0.39, 0.29) is 6.10 Å². The number of methoxy groups -OCH3 is 1. The second-order valence-corrected chi connectivity index (χ2v) is 16.0. The molecule has 0 aromatic rings. The zero-order valence-corrected chi connectivity index (χ0v) is 35.5. The van der Waals surface area contributed by atoms with Crippen LogP contribution in [0, 0.1) is 0 Å². The van der Waals surface area contributed by atoms with Crippen LogP contribution < -0.4 is 0 Å². The maximum absolute atomic E-state index is 6.03. The van der Waals surface area contributed by atoms with Crippen LogP contribution >= 0.6 is 0 Å². The van der Waals surface area contributed by atoms with Gasteiger partial charge in [0.1, 0.15) is 6.10 Å². The molecule has 0 fully saturated rings. The monoisotopic (exact) mass is 722 g/mol. The Morgan fingerprint density at radius 2 is 0.667 bits per heavy atom. The number of oxime groups is 1. The Balaban J connectivity index is 3.82. The van der Waals surface area contributed by atoms with Crippen molar-refractivity contribution in [1.29, 1.82) is 0 Å². The molecule has 0 aromatic heterocycles. The molecule has 4 heteroatoms. The van der Waals surface area contributed by atoms with Crippen molar-refractivity contribution in [2.24, 2.45) is 5.16 Å². The molecule has 306 valence electrons. The lowest BCUT2D eigenvalue weighted by molar-refractivity contribution is 0.0426. The molecule has 0 aromatic carbocycles. The van der Waals surface area contributed by atoms with Crippen LogP contribution in [0.25, 0.3) is 0 Å². The third-order valence-electron chi connectivity index (χ3n) is 10.9. The Labute approximate surface area is 322 Å². The fourth-order valence-corrected chi connectivity index (χ4v) is 7.36. The summed E-state index contributed by atoms with van der Waals surface area (Å²) in [5.41, 5.74) is 0. The highest BCUT2D eigenvalue weighted by Crippen LogP contribution is 2.19. The molecule has 0 aliphatic carbocycles. The van der Waals surface area contributed by atoms with E-state index in [1.165, 1.54) is 231 Å². The van der Waals surface area contributed by atoms with Crippen LogP contribution in [0.2, 0.25) is 0 Å². The quantitative estimate of drug-likeness (QED) is 0.0357. The van der Waals surface area contributed by atoms with E-state index in [0.29, 0.717) is 19.8 Å². The second kappa shape index (κ2) is 47.4. The van der Waals surface area contributed by atoms with E-state index < -0.39 is 0 Å². The third kappa shape index (κ3) is 45.5. The first-order chi connectivity index (χ1) is 25.3. The van der Waals surface area contributed by atoms with Crippen molar-refractivity contribution in [3.8, 4) is 0 Å². The van der Waals surface area contributed by atoms with Crippen LogP contribution in [-0.4, -0.2) is 39.2 Å². The summed E-state index contributed by atoms with van der Waals surface area (Å²) in [5, 5.41) is 4.35. The largest absolute Gasteiger partial charge is 0.393 e. The molecular formula is C47H95NO3. The van der Waals surface area contributed by atoms with Gasteiger partial charge in [0.05, 0.1) is 19.8 Å². The molecule has 0 rings (SSSR count). The lowest BCUT2D eigenvalue weighted by Crippen LogP contribution is -2.10. The summed E-state index contributed by atoms with van der Waals surface area (Å²) in [6, 6.07) is 0. The fourth-order valence-electron chi connectivity index (χ4n) is 7.36. The molecule has 0 aliphatic rings. The number of hydrogen-bond acceptors (Lipinski definition) is 4. The first-order valence-electron chi connectivity index (χ1n) is 23.6. The highest BCUT2D eigenvalue weighted by atomic mass is 16.6. The van der Waals surface area contributed by atoms with Gasteiger partial charge in [-0.15, -0.1) is 0 Å². The molecule has 0 aliphatic heterocycles. The lowest BCUT2D eigenvalue weighted by atomic mass is 10.0. The maximum Gasteiger partial charge on any atom is 0.127 e. The van der Waals surface area contributed by atoms with Crippen molar-refractivity contribution >= 4 is 6.21 Å². The summed E-state index contributed by atoms with van der Waals surface area (Å²) in [4.78, 5) is 6.03. The van der Waals surface area contributed by atoms with Gasteiger partial charge < -0.3 is 14.3 Å². The maximum atomic E-state index is 6.03. The minimum atomic E-state index is 0.276. The highest BCUT2D eigenvalue weighted by molar-refractivity contribution is 5.56. The van der Waals surface area contributed by atoms with Crippen molar-refractivity contribution in [3.05, 3.63) is 0 Å². The van der Waals surface area contributed by atoms with Crippen LogP contribution in [0.3, 0.4) is 0 Å². The number of unbranched alkanes of at least 4 members (excludes halogenated alkanes) is 34. The van der Waals surface area contributed by atoms with Crippen molar-refractivity contribution in [1.82, 2.24) is 0 Å². The van der Waals surface area contributed by atoms with Crippen LogP contribution in [0.4, 0.5) is 0 Å². The number of hydrogen-bond donors (Lipinski definition) is 0. The van der Waals surface area contributed by atoms with Gasteiger partial charge in [0, 0.05) is 19.7 Å². The Morgan fingerprint density at radius 1 is 0.373 bits per heavy atom. The average molecular weight is 722 g/mol. The summed E-state index contributed by atoms with van der Waals surface area (Å²) < 4.78 is 10.6. The Bertz CT molecular complexity index is 587. The van der Waals surface area contributed by atoms with Crippen molar-refractivity contribution in [3.63, 3.8) is 0 Å². The van der Waals surface area contributed by atoms with Crippen LogP contribution in [-0.2, 0) is 14.3 Å². The van der Waals surface area contributed by atoms with Gasteiger partial charge in [0.25, 0.3) is 0 Å². The molecule has 0 heterocycles. The summed E-state index contributed by atoms with van der Waals surface area (Å²) in [6.45, 7) is 6.58. The van der Waals surface area contributed by atoms with Gasteiger partial charge in [-0.1, -0.05) is 237 Å².